The van der Waals surface area contributed by atoms with Crippen molar-refractivity contribution in [2.24, 2.45) is 0 Å². The van der Waals surface area contributed by atoms with Crippen LogP contribution in [0.25, 0.3) is 0 Å². The van der Waals surface area contributed by atoms with E-state index >= 15 is 0 Å². The fraction of sp³-hybridized carbons (Fsp3) is 0.222. The zero-order chi connectivity index (χ0) is 17.6. The number of hydrogen-bond acceptors (Lipinski definition) is 4. The molecule has 0 amide bonds. The highest BCUT2D eigenvalue weighted by molar-refractivity contribution is 6.42. The van der Waals surface area contributed by atoms with Crippen LogP contribution in [0.4, 0.5) is 11.9 Å². The number of aromatic nitrogens is 3. The molecule has 2 atom stereocenters. The Kier molecular flexibility index (Phi) is 4.06. The number of nitrogens with two attached hydrogens (primary N) is 1. The number of fused-ring (bicyclic) bond motifs is 1. The molecule has 0 radical (unpaired) electrons. The molecule has 25 heavy (non-hydrogen) atoms. The first kappa shape index (κ1) is 16.2. The fourth-order valence-corrected chi connectivity index (χ4v) is 3.60. The Morgan fingerprint density at radius 1 is 1.12 bits per heavy atom. The summed E-state index contributed by atoms with van der Waals surface area (Å²) in [4.78, 5) is 4.32. The summed E-state index contributed by atoms with van der Waals surface area (Å²) >= 11 is 12.2. The fourth-order valence-electron chi connectivity index (χ4n) is 3.30. The summed E-state index contributed by atoms with van der Waals surface area (Å²) in [5.74, 6) is 0.918. The summed E-state index contributed by atoms with van der Waals surface area (Å²) in [6.07, 6.45) is 0.803. The van der Waals surface area contributed by atoms with Crippen molar-refractivity contribution >= 4 is 35.1 Å². The molecule has 0 saturated carbocycles. The highest BCUT2D eigenvalue weighted by Crippen LogP contribution is 2.39. The minimum absolute atomic E-state index is 0.0383. The van der Waals surface area contributed by atoms with Gasteiger partial charge in [-0.2, -0.15) is 4.98 Å². The molecule has 1 aliphatic heterocycles. The Hall–Kier alpha value is -2.24. The molecule has 0 saturated heterocycles. The predicted octanol–water partition coefficient (Wildman–Crippen LogP) is 4.62. The van der Waals surface area contributed by atoms with Crippen molar-refractivity contribution in [1.82, 2.24) is 14.8 Å². The van der Waals surface area contributed by atoms with Gasteiger partial charge in [0.05, 0.1) is 22.1 Å². The van der Waals surface area contributed by atoms with Crippen LogP contribution in [0.1, 0.15) is 35.2 Å². The summed E-state index contributed by atoms with van der Waals surface area (Å²) in [6, 6.07) is 14.2. The number of halogens is 2. The second-order valence-corrected chi connectivity index (χ2v) is 7.09. The van der Waals surface area contributed by atoms with Crippen molar-refractivity contribution in [3.8, 4) is 0 Å². The van der Waals surface area contributed by atoms with Gasteiger partial charge in [0, 0.05) is 0 Å². The molecule has 0 bridgehead atoms. The van der Waals surface area contributed by atoms with Gasteiger partial charge >= 0.3 is 0 Å². The molecule has 3 aromatic rings. The molecule has 0 fully saturated rings. The van der Waals surface area contributed by atoms with Gasteiger partial charge in [-0.15, -0.1) is 5.10 Å². The maximum atomic E-state index is 6.20. The molecule has 0 spiro atoms. The summed E-state index contributed by atoms with van der Waals surface area (Å²) < 4.78 is 1.86. The molecule has 2 aromatic carbocycles. The van der Waals surface area contributed by atoms with Crippen LogP contribution in [0.5, 0.6) is 0 Å². The maximum Gasteiger partial charge on any atom is 0.241 e. The first-order chi connectivity index (χ1) is 12.0. The minimum Gasteiger partial charge on any atom is -0.366 e. The lowest BCUT2D eigenvalue weighted by molar-refractivity contribution is 0.431. The van der Waals surface area contributed by atoms with E-state index in [1.165, 1.54) is 11.1 Å². The first-order valence-corrected chi connectivity index (χ1v) is 8.77. The second-order valence-electron chi connectivity index (χ2n) is 6.27. The van der Waals surface area contributed by atoms with Crippen LogP contribution in [0.3, 0.4) is 0 Å². The maximum absolute atomic E-state index is 6.20. The smallest absolute Gasteiger partial charge is 0.241 e. The van der Waals surface area contributed by atoms with Gasteiger partial charge in [-0.25, -0.2) is 4.68 Å². The normalized spacial score (nSPS) is 19.3. The van der Waals surface area contributed by atoms with Crippen LogP contribution < -0.4 is 11.1 Å². The first-order valence-electron chi connectivity index (χ1n) is 8.01. The standard InChI is InChI=1S/C18H17Cl2N5/c1-10-3-2-4-12(7-10)16-9-15(11-5-6-13(19)14(20)8-11)22-18-23-17(21)24-25(16)18/h2-8,15-16H,9H2,1H3,(H3,21,22,23,24)/t15-,16-/m0/s1. The lowest BCUT2D eigenvalue weighted by Gasteiger charge is -2.32. The van der Waals surface area contributed by atoms with Gasteiger partial charge in [0.2, 0.25) is 11.9 Å². The average Bonchev–Trinajstić information content (AvgIpc) is 2.96. The Morgan fingerprint density at radius 2 is 1.96 bits per heavy atom. The molecular formula is C18H17Cl2N5. The predicted molar refractivity (Wildman–Crippen MR) is 101 cm³/mol. The molecule has 7 heteroatoms. The Bertz CT molecular complexity index is 937. The van der Waals surface area contributed by atoms with E-state index in [4.69, 9.17) is 28.9 Å². The highest BCUT2D eigenvalue weighted by atomic mass is 35.5. The Morgan fingerprint density at radius 3 is 2.72 bits per heavy atom. The van der Waals surface area contributed by atoms with Crippen LogP contribution >= 0.6 is 23.2 Å². The van der Waals surface area contributed by atoms with E-state index in [9.17, 15) is 0 Å². The zero-order valence-electron chi connectivity index (χ0n) is 13.6. The van der Waals surface area contributed by atoms with Crippen molar-refractivity contribution in [2.45, 2.75) is 25.4 Å². The van der Waals surface area contributed by atoms with Crippen molar-refractivity contribution in [1.29, 1.82) is 0 Å². The van der Waals surface area contributed by atoms with Gasteiger partial charge in [-0.1, -0.05) is 59.1 Å². The van der Waals surface area contributed by atoms with Crippen LogP contribution in [0.2, 0.25) is 10.0 Å². The number of hydrogen-bond donors (Lipinski definition) is 2. The number of aryl methyl sites for hydroxylation is 1. The van der Waals surface area contributed by atoms with Gasteiger partial charge in [0.25, 0.3) is 0 Å². The summed E-state index contributed by atoms with van der Waals surface area (Å²) in [7, 11) is 0. The van der Waals surface area contributed by atoms with E-state index < -0.39 is 0 Å². The number of benzene rings is 2. The molecule has 2 heterocycles. The number of nitrogen functional groups attached to an aromatic ring is 1. The van der Waals surface area contributed by atoms with Crippen molar-refractivity contribution in [3.05, 3.63) is 69.2 Å². The van der Waals surface area contributed by atoms with Gasteiger partial charge in [0.1, 0.15) is 0 Å². The van der Waals surface area contributed by atoms with E-state index in [-0.39, 0.29) is 18.0 Å². The third-order valence-corrected chi connectivity index (χ3v) is 5.22. The van der Waals surface area contributed by atoms with Crippen molar-refractivity contribution < 1.29 is 0 Å². The van der Waals surface area contributed by atoms with E-state index in [1.807, 2.05) is 22.9 Å². The highest BCUT2D eigenvalue weighted by Gasteiger charge is 2.31. The molecule has 128 valence electrons. The molecule has 4 rings (SSSR count). The molecule has 1 aliphatic rings. The van der Waals surface area contributed by atoms with Crippen LogP contribution in [-0.4, -0.2) is 14.8 Å². The molecule has 0 unspecified atom stereocenters. The summed E-state index contributed by atoms with van der Waals surface area (Å²) in [6.45, 7) is 2.08. The van der Waals surface area contributed by atoms with E-state index in [1.54, 1.807) is 0 Å². The second kappa shape index (κ2) is 6.24. The molecular weight excluding hydrogens is 357 g/mol. The number of rotatable bonds is 2. The van der Waals surface area contributed by atoms with Crippen LogP contribution in [0, 0.1) is 6.92 Å². The van der Waals surface area contributed by atoms with E-state index in [2.05, 4.69) is 46.6 Å². The quantitative estimate of drug-likeness (QED) is 0.687. The van der Waals surface area contributed by atoms with E-state index in [0.717, 1.165) is 12.0 Å². The van der Waals surface area contributed by atoms with Crippen molar-refractivity contribution in [2.75, 3.05) is 11.1 Å². The minimum atomic E-state index is 0.0383. The van der Waals surface area contributed by atoms with Gasteiger partial charge in [0.15, 0.2) is 0 Å². The third-order valence-electron chi connectivity index (χ3n) is 4.48. The molecule has 3 N–H and O–H groups in total. The van der Waals surface area contributed by atoms with Crippen LogP contribution in [-0.2, 0) is 0 Å². The summed E-state index contributed by atoms with van der Waals surface area (Å²) in [5, 5.41) is 8.86. The topological polar surface area (TPSA) is 68.8 Å². The lowest BCUT2D eigenvalue weighted by atomic mass is 9.93. The number of nitrogens with one attached hydrogen (secondary N) is 1. The van der Waals surface area contributed by atoms with E-state index in [0.29, 0.717) is 16.0 Å². The zero-order valence-corrected chi connectivity index (χ0v) is 15.1. The number of nitrogens with zero attached hydrogens (tertiary/aromatic N) is 3. The SMILES string of the molecule is Cc1cccc([C@@H]2C[C@@H](c3ccc(Cl)c(Cl)c3)Nc3nc(N)nn32)c1. The Labute approximate surface area is 155 Å². The Balaban J connectivity index is 1.77. The third kappa shape index (κ3) is 3.05. The average molecular weight is 374 g/mol. The summed E-state index contributed by atoms with van der Waals surface area (Å²) in [5.41, 5.74) is 9.27. The molecule has 5 nitrogen and oxygen atoms in total. The van der Waals surface area contributed by atoms with Gasteiger partial charge in [-0.05, 0) is 36.6 Å². The largest absolute Gasteiger partial charge is 0.366 e. The van der Waals surface area contributed by atoms with Gasteiger partial charge in [-0.3, -0.25) is 0 Å². The monoisotopic (exact) mass is 373 g/mol. The molecule has 0 aliphatic carbocycles. The van der Waals surface area contributed by atoms with Gasteiger partial charge < -0.3 is 11.1 Å². The lowest BCUT2D eigenvalue weighted by Crippen LogP contribution is -2.28. The van der Waals surface area contributed by atoms with Crippen molar-refractivity contribution in [3.63, 3.8) is 0 Å². The number of anilines is 2. The van der Waals surface area contributed by atoms with Crippen LogP contribution in [0.15, 0.2) is 42.5 Å². The molecule has 1 aromatic heterocycles.